The number of rotatable bonds is 7. The van der Waals surface area contributed by atoms with Crippen molar-refractivity contribution in [3.63, 3.8) is 0 Å². The van der Waals surface area contributed by atoms with Crippen LogP contribution in [-0.4, -0.2) is 39.6 Å². The Hall–Kier alpha value is -2.64. The molecule has 0 aliphatic carbocycles. The fourth-order valence-electron chi connectivity index (χ4n) is 3.53. The van der Waals surface area contributed by atoms with E-state index < -0.39 is 26.4 Å². The molecule has 172 valence electrons. The van der Waals surface area contributed by atoms with Crippen LogP contribution in [0, 0.1) is 5.92 Å². The zero-order valence-electron chi connectivity index (χ0n) is 19.9. The van der Waals surface area contributed by atoms with Crippen LogP contribution in [0.4, 0.5) is 5.69 Å². The first-order chi connectivity index (χ1) is 15.0. The van der Waals surface area contributed by atoms with Crippen molar-refractivity contribution >= 4 is 25.9 Å². The summed E-state index contributed by atoms with van der Waals surface area (Å²) in [6.45, 7) is 12.7. The molecule has 0 spiro atoms. The van der Waals surface area contributed by atoms with Gasteiger partial charge in [0.25, 0.3) is 0 Å². The number of nitrogens with zero attached hydrogens (tertiary/aromatic N) is 1. The summed E-state index contributed by atoms with van der Waals surface area (Å²) in [7, 11) is -0.530. The summed E-state index contributed by atoms with van der Waals surface area (Å²) in [5, 5.41) is -0.0000622. The third kappa shape index (κ3) is 4.73. The maximum absolute atomic E-state index is 13.3. The summed E-state index contributed by atoms with van der Waals surface area (Å²) in [4.78, 5) is 27.6. The molecule has 0 bridgehead atoms. The number of carbonyl (C=O) groups is 2. The predicted molar refractivity (Wildman–Crippen MR) is 127 cm³/mol. The van der Waals surface area contributed by atoms with Gasteiger partial charge in [-0.25, -0.2) is 4.79 Å². The number of benzene rings is 2. The third-order valence-electron chi connectivity index (χ3n) is 6.46. The van der Waals surface area contributed by atoms with Gasteiger partial charge in [-0.05, 0) is 61.5 Å². The van der Waals surface area contributed by atoms with Crippen molar-refractivity contribution < 1.29 is 23.5 Å². The Labute approximate surface area is 191 Å². The smallest absolute Gasteiger partial charge is 0.340 e. The molecule has 3 atom stereocenters. The molecular weight excluding hydrogens is 422 g/mol. The van der Waals surface area contributed by atoms with Crippen LogP contribution in [0.5, 0.6) is 5.75 Å². The molecule has 1 aliphatic heterocycles. The summed E-state index contributed by atoms with van der Waals surface area (Å²) in [5.74, 6) is -0.469. The van der Waals surface area contributed by atoms with Crippen molar-refractivity contribution in [2.75, 3.05) is 12.0 Å². The Bertz CT molecular complexity index is 953. The number of methoxy groups -OCH3 is 1. The second-order valence-electron chi connectivity index (χ2n) is 9.68. The van der Waals surface area contributed by atoms with Gasteiger partial charge >= 0.3 is 5.97 Å². The summed E-state index contributed by atoms with van der Waals surface area (Å²) in [5.41, 5.74) is 1.09. The topological polar surface area (TPSA) is 65.1 Å². The number of ether oxygens (including phenoxy) is 2. The van der Waals surface area contributed by atoms with Gasteiger partial charge in [-0.2, -0.15) is 0 Å². The zero-order valence-corrected chi connectivity index (χ0v) is 20.9. The number of esters is 1. The van der Waals surface area contributed by atoms with Crippen molar-refractivity contribution in [2.24, 2.45) is 5.92 Å². The van der Waals surface area contributed by atoms with E-state index in [9.17, 15) is 9.59 Å². The fourth-order valence-corrected chi connectivity index (χ4v) is 4.96. The van der Waals surface area contributed by atoms with Crippen molar-refractivity contribution in [2.45, 2.75) is 58.2 Å². The molecule has 32 heavy (non-hydrogen) atoms. The van der Waals surface area contributed by atoms with Gasteiger partial charge in [0.15, 0.2) is 14.5 Å². The lowest BCUT2D eigenvalue weighted by Crippen LogP contribution is -2.67. The van der Waals surface area contributed by atoms with E-state index in [0.29, 0.717) is 17.0 Å². The Morgan fingerprint density at radius 2 is 1.62 bits per heavy atom. The highest BCUT2D eigenvalue weighted by Gasteiger charge is 2.55. The van der Waals surface area contributed by atoms with Crippen molar-refractivity contribution in [1.29, 1.82) is 0 Å². The van der Waals surface area contributed by atoms with E-state index >= 15 is 0 Å². The summed E-state index contributed by atoms with van der Waals surface area (Å²) < 4.78 is 17.6. The Kier molecular flexibility index (Phi) is 6.81. The van der Waals surface area contributed by atoms with Gasteiger partial charge in [0.1, 0.15) is 11.7 Å². The SMILES string of the molecule is COc1ccc(N2C(=O)[C@H]([C@@H](C)O[Si](C)(C)C(C)(C)C)[C@H]2OC(=O)c2ccccc2)cc1. The molecule has 1 saturated heterocycles. The highest BCUT2D eigenvalue weighted by Crippen LogP contribution is 2.42. The van der Waals surface area contributed by atoms with E-state index in [2.05, 4.69) is 33.9 Å². The molecule has 1 heterocycles. The lowest BCUT2D eigenvalue weighted by Gasteiger charge is -2.50. The van der Waals surface area contributed by atoms with Gasteiger partial charge in [0.2, 0.25) is 5.91 Å². The van der Waals surface area contributed by atoms with Crippen molar-refractivity contribution in [3.8, 4) is 5.75 Å². The van der Waals surface area contributed by atoms with Gasteiger partial charge in [-0.1, -0.05) is 39.0 Å². The summed E-state index contributed by atoms with van der Waals surface area (Å²) in [6, 6.07) is 15.9. The minimum Gasteiger partial charge on any atom is -0.497 e. The molecule has 0 unspecified atom stereocenters. The molecule has 2 aromatic carbocycles. The Morgan fingerprint density at radius 3 is 2.16 bits per heavy atom. The van der Waals surface area contributed by atoms with E-state index in [-0.39, 0.29) is 17.0 Å². The summed E-state index contributed by atoms with van der Waals surface area (Å²) >= 11 is 0. The average molecular weight is 456 g/mol. The van der Waals surface area contributed by atoms with Gasteiger partial charge in [-0.15, -0.1) is 0 Å². The first-order valence-electron chi connectivity index (χ1n) is 10.9. The molecule has 6 nitrogen and oxygen atoms in total. The Morgan fingerprint density at radius 1 is 1.03 bits per heavy atom. The largest absolute Gasteiger partial charge is 0.497 e. The van der Waals surface area contributed by atoms with Crippen LogP contribution in [0.2, 0.25) is 18.1 Å². The molecule has 1 fully saturated rings. The van der Waals surface area contributed by atoms with E-state index in [1.165, 1.54) is 4.90 Å². The predicted octanol–water partition coefficient (Wildman–Crippen LogP) is 5.25. The minimum absolute atomic E-state index is 0.0000622. The number of hydrogen-bond donors (Lipinski definition) is 0. The van der Waals surface area contributed by atoms with E-state index in [0.717, 1.165) is 0 Å². The number of anilines is 1. The molecule has 0 saturated carbocycles. The van der Waals surface area contributed by atoms with Gasteiger partial charge < -0.3 is 13.9 Å². The molecule has 0 radical (unpaired) electrons. The molecule has 2 aromatic rings. The second-order valence-corrected chi connectivity index (χ2v) is 14.4. The lowest BCUT2D eigenvalue weighted by atomic mass is 9.89. The van der Waals surface area contributed by atoms with Crippen LogP contribution in [0.3, 0.4) is 0 Å². The van der Waals surface area contributed by atoms with Crippen LogP contribution in [0.1, 0.15) is 38.1 Å². The van der Waals surface area contributed by atoms with Crippen LogP contribution in [-0.2, 0) is 14.0 Å². The van der Waals surface area contributed by atoms with Gasteiger partial charge in [0.05, 0.1) is 18.8 Å². The number of hydrogen-bond acceptors (Lipinski definition) is 5. The van der Waals surface area contributed by atoms with Crippen LogP contribution in [0.15, 0.2) is 54.6 Å². The summed E-state index contributed by atoms with van der Waals surface area (Å²) in [6.07, 6.45) is -1.13. The first-order valence-corrected chi connectivity index (χ1v) is 13.8. The highest BCUT2D eigenvalue weighted by atomic mass is 28.4. The third-order valence-corrected chi connectivity index (χ3v) is 11.0. The highest BCUT2D eigenvalue weighted by molar-refractivity contribution is 6.74. The van der Waals surface area contributed by atoms with E-state index in [1.54, 1.807) is 55.6 Å². The van der Waals surface area contributed by atoms with E-state index in [4.69, 9.17) is 13.9 Å². The fraction of sp³-hybridized carbons (Fsp3) is 0.440. The molecule has 1 amide bonds. The van der Waals surface area contributed by atoms with Gasteiger partial charge in [0, 0.05) is 5.69 Å². The molecular formula is C25H33NO5Si. The molecule has 0 N–H and O–H groups in total. The second kappa shape index (κ2) is 9.08. The molecule has 1 aliphatic rings. The van der Waals surface area contributed by atoms with Crippen LogP contribution >= 0.6 is 0 Å². The van der Waals surface area contributed by atoms with Crippen LogP contribution in [0.25, 0.3) is 0 Å². The van der Waals surface area contributed by atoms with Gasteiger partial charge in [-0.3, -0.25) is 9.69 Å². The van der Waals surface area contributed by atoms with Crippen molar-refractivity contribution in [3.05, 3.63) is 60.2 Å². The number of amides is 1. The van der Waals surface area contributed by atoms with E-state index in [1.807, 2.05) is 13.0 Å². The van der Waals surface area contributed by atoms with Crippen LogP contribution < -0.4 is 9.64 Å². The standard InChI is InChI=1S/C25H33NO5Si/c1-17(31-32(6,7)25(2,3)4)21-22(27)26(19-13-15-20(29-5)16-14-19)23(21)30-24(28)18-11-9-8-10-12-18/h8-17,21,23H,1-7H3/t17-,21+,23-/m1/s1. The maximum atomic E-state index is 13.3. The molecule has 0 aromatic heterocycles. The lowest BCUT2D eigenvalue weighted by molar-refractivity contribution is -0.146. The first kappa shape index (κ1) is 24.0. The quantitative estimate of drug-likeness (QED) is 0.324. The monoisotopic (exact) mass is 455 g/mol. The minimum atomic E-state index is -2.12. The van der Waals surface area contributed by atoms with Crippen molar-refractivity contribution in [1.82, 2.24) is 0 Å². The maximum Gasteiger partial charge on any atom is 0.340 e. The number of carbonyl (C=O) groups excluding carboxylic acids is 2. The normalized spacial score (nSPS) is 19.8. The zero-order chi connectivity index (χ0) is 23.7. The molecule has 3 rings (SSSR count). The number of β-lactam (4-membered cyclic amide) rings is 1. The Balaban J connectivity index is 1.87. The average Bonchev–Trinajstić information content (AvgIpc) is 2.73. The molecule has 7 heteroatoms.